The molecule has 0 aliphatic carbocycles. The van der Waals surface area contributed by atoms with Crippen LogP contribution >= 0.6 is 22.9 Å². The quantitative estimate of drug-likeness (QED) is 0.580. The van der Waals surface area contributed by atoms with Crippen molar-refractivity contribution in [1.82, 2.24) is 4.98 Å². The molecule has 0 aliphatic heterocycles. The number of thiazole rings is 1. The fourth-order valence-electron chi connectivity index (χ4n) is 2.46. The van der Waals surface area contributed by atoms with E-state index in [9.17, 15) is 4.79 Å². The van der Waals surface area contributed by atoms with Gasteiger partial charge in [-0.2, -0.15) is 0 Å². The molecule has 0 radical (unpaired) electrons. The lowest BCUT2D eigenvalue weighted by Crippen LogP contribution is -2.14. The Balaban J connectivity index is 1.54. The van der Waals surface area contributed by atoms with Crippen LogP contribution in [0.4, 0.5) is 5.69 Å². The first-order valence-corrected chi connectivity index (χ1v) is 9.66. The standard InChI is InChI=1S/C20H19ClN2O4S/c1-25-17-8-5-14(9-18(17)26-2)22-19(24)10-15-12-28-20(23-15)11-27-16-6-3-13(21)4-7-16/h3-9,12H,10-11H2,1-2H3,(H,22,24). The molecule has 0 bridgehead atoms. The Bertz CT molecular complexity index is 944. The summed E-state index contributed by atoms with van der Waals surface area (Å²) >= 11 is 7.31. The summed E-state index contributed by atoms with van der Waals surface area (Å²) in [6.07, 6.45) is 0.172. The molecule has 1 aromatic heterocycles. The fraction of sp³-hybridized carbons (Fsp3) is 0.200. The van der Waals surface area contributed by atoms with Crippen molar-refractivity contribution in [2.45, 2.75) is 13.0 Å². The van der Waals surface area contributed by atoms with Gasteiger partial charge in [-0.05, 0) is 36.4 Å². The van der Waals surface area contributed by atoms with Gasteiger partial charge >= 0.3 is 0 Å². The molecule has 3 aromatic rings. The van der Waals surface area contributed by atoms with Gasteiger partial charge in [-0.3, -0.25) is 4.79 Å². The molecular weight excluding hydrogens is 400 g/mol. The van der Waals surface area contributed by atoms with Gasteiger partial charge in [0.15, 0.2) is 11.5 Å². The van der Waals surface area contributed by atoms with Crippen molar-refractivity contribution in [3.8, 4) is 17.2 Å². The number of hydrogen-bond acceptors (Lipinski definition) is 6. The predicted octanol–water partition coefficient (Wildman–Crippen LogP) is 4.57. The van der Waals surface area contributed by atoms with Crippen LogP contribution in [0, 0.1) is 0 Å². The van der Waals surface area contributed by atoms with E-state index in [1.807, 2.05) is 5.38 Å². The normalized spacial score (nSPS) is 10.4. The summed E-state index contributed by atoms with van der Waals surface area (Å²) in [5.41, 5.74) is 1.32. The zero-order valence-electron chi connectivity index (χ0n) is 15.4. The summed E-state index contributed by atoms with van der Waals surface area (Å²) < 4.78 is 16.1. The van der Waals surface area contributed by atoms with Crippen LogP contribution in [0.3, 0.4) is 0 Å². The SMILES string of the molecule is COc1ccc(NC(=O)Cc2csc(COc3ccc(Cl)cc3)n2)cc1OC. The number of halogens is 1. The molecule has 0 saturated carbocycles. The van der Waals surface area contributed by atoms with Crippen LogP contribution in [0.2, 0.25) is 5.02 Å². The summed E-state index contributed by atoms with van der Waals surface area (Å²) in [5.74, 6) is 1.70. The second kappa shape index (κ2) is 9.43. The Hall–Kier alpha value is -2.77. The lowest BCUT2D eigenvalue weighted by atomic mass is 10.2. The first-order valence-electron chi connectivity index (χ1n) is 8.41. The van der Waals surface area contributed by atoms with E-state index in [2.05, 4.69) is 10.3 Å². The second-order valence-electron chi connectivity index (χ2n) is 5.77. The monoisotopic (exact) mass is 418 g/mol. The Morgan fingerprint density at radius 3 is 2.57 bits per heavy atom. The molecule has 1 amide bonds. The van der Waals surface area contributed by atoms with Crippen molar-refractivity contribution < 1.29 is 19.0 Å². The molecule has 146 valence electrons. The molecule has 0 saturated heterocycles. The van der Waals surface area contributed by atoms with Crippen molar-refractivity contribution in [1.29, 1.82) is 0 Å². The summed E-state index contributed by atoms with van der Waals surface area (Å²) in [5, 5.41) is 6.14. The number of nitrogens with zero attached hydrogens (tertiary/aromatic N) is 1. The van der Waals surface area contributed by atoms with Crippen molar-refractivity contribution in [2.75, 3.05) is 19.5 Å². The molecule has 3 rings (SSSR count). The molecule has 0 aliphatic rings. The van der Waals surface area contributed by atoms with Gasteiger partial charge in [0.2, 0.25) is 5.91 Å². The van der Waals surface area contributed by atoms with Crippen LogP contribution in [-0.2, 0) is 17.8 Å². The lowest BCUT2D eigenvalue weighted by Gasteiger charge is -2.10. The highest BCUT2D eigenvalue weighted by molar-refractivity contribution is 7.09. The number of carbonyl (C=O) groups excluding carboxylic acids is 1. The number of amides is 1. The number of methoxy groups -OCH3 is 2. The molecule has 1 N–H and O–H groups in total. The van der Waals surface area contributed by atoms with Gasteiger partial charge < -0.3 is 19.5 Å². The minimum absolute atomic E-state index is 0.164. The molecule has 0 spiro atoms. The number of benzene rings is 2. The second-order valence-corrected chi connectivity index (χ2v) is 7.15. The molecule has 0 unspecified atom stereocenters. The number of carbonyl (C=O) groups is 1. The smallest absolute Gasteiger partial charge is 0.230 e. The third kappa shape index (κ3) is 5.37. The molecule has 28 heavy (non-hydrogen) atoms. The van der Waals surface area contributed by atoms with E-state index < -0.39 is 0 Å². The van der Waals surface area contributed by atoms with Gasteiger partial charge in [0, 0.05) is 22.2 Å². The van der Waals surface area contributed by atoms with E-state index in [0.29, 0.717) is 40.3 Å². The number of hydrogen-bond donors (Lipinski definition) is 1. The average molecular weight is 419 g/mol. The topological polar surface area (TPSA) is 69.7 Å². The first-order chi connectivity index (χ1) is 13.6. The summed E-state index contributed by atoms with van der Waals surface area (Å²) in [7, 11) is 3.11. The molecule has 2 aromatic carbocycles. The minimum Gasteiger partial charge on any atom is -0.493 e. The minimum atomic E-state index is -0.164. The van der Waals surface area contributed by atoms with Gasteiger partial charge in [-0.1, -0.05) is 11.6 Å². The third-order valence-corrected chi connectivity index (χ3v) is 4.91. The summed E-state index contributed by atoms with van der Waals surface area (Å²) in [6, 6.07) is 12.3. The molecule has 1 heterocycles. The zero-order valence-corrected chi connectivity index (χ0v) is 17.0. The zero-order chi connectivity index (χ0) is 19.9. The largest absolute Gasteiger partial charge is 0.493 e. The van der Waals surface area contributed by atoms with Crippen LogP contribution in [0.25, 0.3) is 0 Å². The predicted molar refractivity (Wildman–Crippen MR) is 110 cm³/mol. The number of anilines is 1. The highest BCUT2D eigenvalue weighted by Gasteiger charge is 2.11. The number of ether oxygens (including phenoxy) is 3. The van der Waals surface area contributed by atoms with E-state index in [-0.39, 0.29) is 12.3 Å². The summed E-state index contributed by atoms with van der Waals surface area (Å²) in [6.45, 7) is 0.337. The van der Waals surface area contributed by atoms with E-state index in [4.69, 9.17) is 25.8 Å². The van der Waals surface area contributed by atoms with Crippen LogP contribution in [0.5, 0.6) is 17.2 Å². The van der Waals surface area contributed by atoms with E-state index in [1.165, 1.54) is 11.3 Å². The van der Waals surface area contributed by atoms with Gasteiger partial charge in [0.25, 0.3) is 0 Å². The van der Waals surface area contributed by atoms with E-state index in [1.54, 1.807) is 56.7 Å². The Kier molecular flexibility index (Phi) is 6.73. The number of aromatic nitrogens is 1. The van der Waals surface area contributed by atoms with Crippen molar-refractivity contribution >= 4 is 34.5 Å². The lowest BCUT2D eigenvalue weighted by molar-refractivity contribution is -0.115. The maximum atomic E-state index is 12.3. The van der Waals surface area contributed by atoms with Crippen molar-refractivity contribution in [3.63, 3.8) is 0 Å². The van der Waals surface area contributed by atoms with Gasteiger partial charge in [-0.15, -0.1) is 11.3 Å². The van der Waals surface area contributed by atoms with Gasteiger partial charge in [-0.25, -0.2) is 4.98 Å². The number of nitrogens with one attached hydrogen (secondary N) is 1. The first kappa shape index (κ1) is 20.0. The van der Waals surface area contributed by atoms with Crippen molar-refractivity contribution in [2.24, 2.45) is 0 Å². The Labute approximate surface area is 172 Å². The Morgan fingerprint density at radius 1 is 1.11 bits per heavy atom. The highest BCUT2D eigenvalue weighted by atomic mass is 35.5. The molecule has 0 fully saturated rings. The fourth-order valence-corrected chi connectivity index (χ4v) is 3.29. The number of rotatable bonds is 8. The van der Waals surface area contributed by atoms with E-state index >= 15 is 0 Å². The van der Waals surface area contributed by atoms with Gasteiger partial charge in [0.1, 0.15) is 17.4 Å². The Morgan fingerprint density at radius 2 is 1.86 bits per heavy atom. The van der Waals surface area contributed by atoms with Crippen LogP contribution in [-0.4, -0.2) is 25.1 Å². The highest BCUT2D eigenvalue weighted by Crippen LogP contribution is 2.29. The van der Waals surface area contributed by atoms with Crippen molar-refractivity contribution in [3.05, 3.63) is 63.6 Å². The summed E-state index contributed by atoms with van der Waals surface area (Å²) in [4.78, 5) is 16.7. The molecule has 8 heteroatoms. The van der Waals surface area contributed by atoms with Crippen LogP contribution in [0.1, 0.15) is 10.7 Å². The third-order valence-electron chi connectivity index (χ3n) is 3.78. The van der Waals surface area contributed by atoms with Crippen LogP contribution < -0.4 is 19.5 Å². The van der Waals surface area contributed by atoms with Gasteiger partial charge in [0.05, 0.1) is 26.3 Å². The molecular formula is C20H19ClN2O4S. The van der Waals surface area contributed by atoms with E-state index in [0.717, 1.165) is 5.01 Å². The molecule has 6 nitrogen and oxygen atoms in total. The maximum Gasteiger partial charge on any atom is 0.230 e. The average Bonchev–Trinajstić information content (AvgIpc) is 3.14. The molecule has 0 atom stereocenters. The maximum absolute atomic E-state index is 12.3. The van der Waals surface area contributed by atoms with Crippen LogP contribution in [0.15, 0.2) is 47.8 Å².